The van der Waals surface area contributed by atoms with E-state index in [1.165, 1.54) is 12.8 Å². The number of likely N-dealkylation sites (tertiary alicyclic amines) is 1. The summed E-state index contributed by atoms with van der Waals surface area (Å²) in [5.74, 6) is -2.85. The van der Waals surface area contributed by atoms with E-state index in [9.17, 15) is 24.1 Å². The van der Waals surface area contributed by atoms with Crippen LogP contribution in [0.15, 0.2) is 36.5 Å². The van der Waals surface area contributed by atoms with Gasteiger partial charge in [0.1, 0.15) is 0 Å². The van der Waals surface area contributed by atoms with Gasteiger partial charge in [-0.2, -0.15) is 4.39 Å². The Kier molecular flexibility index (Phi) is 7.35. The van der Waals surface area contributed by atoms with E-state index in [4.69, 9.17) is 0 Å². The van der Waals surface area contributed by atoms with E-state index in [-0.39, 0.29) is 18.3 Å². The highest BCUT2D eigenvalue weighted by molar-refractivity contribution is 6.39. The maximum atomic E-state index is 13.5. The second-order valence-corrected chi connectivity index (χ2v) is 7.60. The summed E-state index contributed by atoms with van der Waals surface area (Å²) in [4.78, 5) is 36.9. The fourth-order valence-electron chi connectivity index (χ4n) is 3.84. The van der Waals surface area contributed by atoms with Gasteiger partial charge in [-0.15, -0.1) is 0 Å². The Labute approximate surface area is 179 Å². The number of hydrogen-bond acceptors (Lipinski definition) is 5. The molecule has 1 atom stereocenters. The van der Waals surface area contributed by atoms with Gasteiger partial charge in [0.25, 0.3) is 0 Å². The van der Waals surface area contributed by atoms with Gasteiger partial charge in [0.15, 0.2) is 0 Å². The molecule has 31 heavy (non-hydrogen) atoms. The van der Waals surface area contributed by atoms with Crippen LogP contribution in [0.3, 0.4) is 0 Å². The minimum absolute atomic E-state index is 0.0280. The van der Waals surface area contributed by atoms with Crippen LogP contribution in [0.5, 0.6) is 0 Å². The third-order valence-electron chi connectivity index (χ3n) is 5.47. The van der Waals surface area contributed by atoms with E-state index < -0.39 is 28.2 Å². The Balaban J connectivity index is 1.66. The molecule has 0 saturated carbocycles. The SMILES string of the molecule is Cn1cccc1C(CNC(=O)C(=O)Nc1ccc(F)c([N+](=O)[O-])c1)N1CCCCCC1. The summed E-state index contributed by atoms with van der Waals surface area (Å²) in [5.41, 5.74) is 0.236. The molecule has 166 valence electrons. The van der Waals surface area contributed by atoms with Gasteiger partial charge in [-0.3, -0.25) is 24.6 Å². The lowest BCUT2D eigenvalue weighted by molar-refractivity contribution is -0.387. The van der Waals surface area contributed by atoms with Crippen LogP contribution < -0.4 is 10.6 Å². The lowest BCUT2D eigenvalue weighted by atomic mass is 10.1. The lowest BCUT2D eigenvalue weighted by Gasteiger charge is -2.31. The Morgan fingerprint density at radius 1 is 1.16 bits per heavy atom. The summed E-state index contributed by atoms with van der Waals surface area (Å²) in [6.45, 7) is 2.07. The molecule has 2 aromatic rings. The molecule has 0 spiro atoms. The normalized spacial score (nSPS) is 15.7. The Morgan fingerprint density at radius 3 is 2.48 bits per heavy atom. The predicted molar refractivity (Wildman–Crippen MR) is 113 cm³/mol. The van der Waals surface area contributed by atoms with Crippen molar-refractivity contribution < 1.29 is 18.9 Å². The molecule has 1 aliphatic rings. The number of anilines is 1. The van der Waals surface area contributed by atoms with Crippen molar-refractivity contribution in [2.45, 2.75) is 31.7 Å². The number of nitrogens with one attached hydrogen (secondary N) is 2. The zero-order chi connectivity index (χ0) is 22.4. The summed E-state index contributed by atoms with van der Waals surface area (Å²) in [5, 5.41) is 15.8. The predicted octanol–water partition coefficient (Wildman–Crippen LogP) is 2.74. The van der Waals surface area contributed by atoms with Crippen molar-refractivity contribution in [3.8, 4) is 0 Å². The fourth-order valence-corrected chi connectivity index (χ4v) is 3.84. The highest BCUT2D eigenvalue weighted by Gasteiger charge is 2.25. The number of rotatable bonds is 6. The van der Waals surface area contributed by atoms with E-state index >= 15 is 0 Å². The largest absolute Gasteiger partial charge is 0.353 e. The highest BCUT2D eigenvalue weighted by Crippen LogP contribution is 2.24. The summed E-state index contributed by atoms with van der Waals surface area (Å²) in [6, 6.07) is 6.77. The first kappa shape index (κ1) is 22.4. The first-order valence-corrected chi connectivity index (χ1v) is 10.2. The van der Waals surface area contributed by atoms with Gasteiger partial charge < -0.3 is 15.2 Å². The van der Waals surface area contributed by atoms with Gasteiger partial charge in [0.05, 0.1) is 11.0 Å². The van der Waals surface area contributed by atoms with E-state index in [2.05, 4.69) is 15.5 Å². The second-order valence-electron chi connectivity index (χ2n) is 7.60. The third-order valence-corrected chi connectivity index (χ3v) is 5.47. The third kappa shape index (κ3) is 5.66. The molecule has 0 radical (unpaired) electrons. The van der Waals surface area contributed by atoms with Gasteiger partial charge in [-0.25, -0.2) is 0 Å². The standard InChI is InChI=1S/C21H26FN5O4/c1-25-10-6-7-17(25)19(26-11-4-2-3-5-12-26)14-23-20(28)21(29)24-15-8-9-16(22)18(13-15)27(30)31/h6-10,13,19H,2-5,11-12,14H2,1H3,(H,23,28)(H,24,29). The quantitative estimate of drug-likeness (QED) is 0.415. The zero-order valence-electron chi connectivity index (χ0n) is 17.3. The molecule has 2 amide bonds. The van der Waals surface area contributed by atoms with Gasteiger partial charge in [0, 0.05) is 37.2 Å². The van der Waals surface area contributed by atoms with Crippen LogP contribution >= 0.6 is 0 Å². The van der Waals surface area contributed by atoms with E-state index in [0.29, 0.717) is 0 Å². The summed E-state index contributed by atoms with van der Waals surface area (Å²) < 4.78 is 15.5. The van der Waals surface area contributed by atoms with Crippen molar-refractivity contribution in [3.63, 3.8) is 0 Å². The van der Waals surface area contributed by atoms with Crippen molar-refractivity contribution in [2.24, 2.45) is 7.05 Å². The zero-order valence-corrected chi connectivity index (χ0v) is 17.3. The molecule has 2 heterocycles. The number of carbonyl (C=O) groups is 2. The number of aromatic nitrogens is 1. The maximum absolute atomic E-state index is 13.5. The van der Waals surface area contributed by atoms with Crippen molar-refractivity contribution in [1.29, 1.82) is 0 Å². The average Bonchev–Trinajstić information content (AvgIpc) is 2.99. The van der Waals surface area contributed by atoms with Crippen LogP contribution in [-0.2, 0) is 16.6 Å². The number of nitrogens with zero attached hydrogens (tertiary/aromatic N) is 3. The minimum atomic E-state index is -1.02. The Morgan fingerprint density at radius 2 is 1.87 bits per heavy atom. The fraction of sp³-hybridized carbons (Fsp3) is 0.429. The highest BCUT2D eigenvalue weighted by atomic mass is 19.1. The van der Waals surface area contributed by atoms with Crippen LogP contribution in [0.2, 0.25) is 0 Å². The molecule has 1 unspecified atom stereocenters. The van der Waals surface area contributed by atoms with Gasteiger partial charge in [-0.1, -0.05) is 12.8 Å². The molecule has 0 bridgehead atoms. The topological polar surface area (TPSA) is 110 Å². The number of halogens is 1. The van der Waals surface area contributed by atoms with Gasteiger partial charge >= 0.3 is 17.5 Å². The number of aryl methyl sites for hydroxylation is 1. The van der Waals surface area contributed by atoms with Gasteiger partial charge in [-0.05, 0) is 50.2 Å². The summed E-state index contributed by atoms with van der Waals surface area (Å²) in [7, 11) is 1.94. The lowest BCUT2D eigenvalue weighted by Crippen LogP contribution is -2.42. The molecular weight excluding hydrogens is 405 g/mol. The average molecular weight is 431 g/mol. The van der Waals surface area contributed by atoms with E-state index in [1.807, 2.05) is 29.9 Å². The molecule has 1 saturated heterocycles. The van der Waals surface area contributed by atoms with E-state index in [0.717, 1.165) is 49.8 Å². The smallest absolute Gasteiger partial charge is 0.313 e. The number of nitro benzene ring substituents is 1. The second kappa shape index (κ2) is 10.2. The molecule has 9 nitrogen and oxygen atoms in total. The Hall–Kier alpha value is -3.27. The summed E-state index contributed by atoms with van der Waals surface area (Å²) >= 11 is 0. The molecule has 1 aromatic carbocycles. The minimum Gasteiger partial charge on any atom is -0.353 e. The van der Waals surface area contributed by atoms with Crippen LogP contribution in [0.4, 0.5) is 15.8 Å². The first-order chi connectivity index (χ1) is 14.9. The number of amides is 2. The van der Waals surface area contributed by atoms with Crippen LogP contribution in [0, 0.1) is 15.9 Å². The number of benzene rings is 1. The van der Waals surface area contributed by atoms with Crippen molar-refractivity contribution in [2.75, 3.05) is 25.0 Å². The van der Waals surface area contributed by atoms with Crippen molar-refractivity contribution in [1.82, 2.24) is 14.8 Å². The van der Waals surface area contributed by atoms with E-state index in [1.54, 1.807) is 0 Å². The first-order valence-electron chi connectivity index (χ1n) is 10.2. The maximum Gasteiger partial charge on any atom is 0.313 e. The van der Waals surface area contributed by atoms with Crippen molar-refractivity contribution in [3.05, 3.63) is 58.2 Å². The molecule has 1 fully saturated rings. The molecule has 3 rings (SSSR count). The molecule has 1 aliphatic heterocycles. The molecule has 0 aliphatic carbocycles. The van der Waals surface area contributed by atoms with Crippen LogP contribution in [-0.4, -0.2) is 45.8 Å². The van der Waals surface area contributed by atoms with Crippen molar-refractivity contribution >= 4 is 23.2 Å². The summed E-state index contributed by atoms with van der Waals surface area (Å²) in [6.07, 6.45) is 6.46. The number of nitro groups is 1. The molecule has 2 N–H and O–H groups in total. The molecule has 1 aromatic heterocycles. The van der Waals surface area contributed by atoms with Gasteiger partial charge in [0.2, 0.25) is 5.82 Å². The Bertz CT molecular complexity index is 953. The number of hydrogen-bond donors (Lipinski definition) is 2. The number of carbonyl (C=O) groups excluding carboxylic acids is 2. The molecule has 10 heteroatoms. The van der Waals surface area contributed by atoms with Crippen LogP contribution in [0.1, 0.15) is 37.4 Å². The molecular formula is C21H26FN5O4. The van der Waals surface area contributed by atoms with Crippen LogP contribution in [0.25, 0.3) is 0 Å². The monoisotopic (exact) mass is 431 g/mol.